The summed E-state index contributed by atoms with van der Waals surface area (Å²) in [4.78, 5) is 0. The molecule has 1 unspecified atom stereocenters. The zero-order valence-corrected chi connectivity index (χ0v) is 9.15. The van der Waals surface area contributed by atoms with E-state index in [1.54, 1.807) is 7.11 Å². The number of aliphatic hydroxyl groups is 1. The molecule has 0 aliphatic heterocycles. The minimum absolute atomic E-state index is 0.447. The van der Waals surface area contributed by atoms with Crippen molar-refractivity contribution in [2.45, 2.75) is 18.9 Å². The van der Waals surface area contributed by atoms with Gasteiger partial charge in [-0.05, 0) is 30.5 Å². The van der Waals surface area contributed by atoms with Crippen molar-refractivity contribution in [1.29, 1.82) is 0 Å². The van der Waals surface area contributed by atoms with Crippen molar-refractivity contribution in [2.24, 2.45) is 5.73 Å². The van der Waals surface area contributed by atoms with E-state index in [1.807, 2.05) is 24.3 Å². The standard InChI is InChI=1S/C12H19NO2/c1-15-8-6-10-3-2-4-11(9-10)12(14)5-7-13/h2-4,9,12,14H,5-8,13H2,1H3. The van der Waals surface area contributed by atoms with Gasteiger partial charge in [0.1, 0.15) is 0 Å². The predicted octanol–water partition coefficient (Wildman–Crippen LogP) is 1.26. The Bertz CT molecular complexity index is 289. The Labute approximate surface area is 90.9 Å². The van der Waals surface area contributed by atoms with E-state index in [9.17, 15) is 5.11 Å². The molecule has 84 valence electrons. The summed E-state index contributed by atoms with van der Waals surface area (Å²) in [7, 11) is 1.69. The number of hydrogen-bond donors (Lipinski definition) is 2. The topological polar surface area (TPSA) is 55.5 Å². The zero-order valence-electron chi connectivity index (χ0n) is 9.15. The molecule has 1 atom stereocenters. The van der Waals surface area contributed by atoms with Crippen LogP contribution in [0.15, 0.2) is 24.3 Å². The molecule has 0 aliphatic rings. The molecule has 0 fully saturated rings. The van der Waals surface area contributed by atoms with E-state index in [0.29, 0.717) is 19.6 Å². The Balaban J connectivity index is 2.64. The normalized spacial score (nSPS) is 12.7. The fraction of sp³-hybridized carbons (Fsp3) is 0.500. The number of hydrogen-bond acceptors (Lipinski definition) is 3. The van der Waals surface area contributed by atoms with Crippen molar-refractivity contribution in [3.8, 4) is 0 Å². The van der Waals surface area contributed by atoms with Gasteiger partial charge in [0.15, 0.2) is 0 Å². The first-order valence-electron chi connectivity index (χ1n) is 5.24. The van der Waals surface area contributed by atoms with Gasteiger partial charge in [-0.3, -0.25) is 0 Å². The number of methoxy groups -OCH3 is 1. The second-order valence-electron chi connectivity index (χ2n) is 3.58. The van der Waals surface area contributed by atoms with Crippen LogP contribution < -0.4 is 5.73 Å². The van der Waals surface area contributed by atoms with Gasteiger partial charge in [-0.2, -0.15) is 0 Å². The molecule has 0 saturated heterocycles. The summed E-state index contributed by atoms with van der Waals surface area (Å²) >= 11 is 0. The van der Waals surface area contributed by atoms with Crippen LogP contribution in [-0.4, -0.2) is 25.4 Å². The molecule has 0 radical (unpaired) electrons. The van der Waals surface area contributed by atoms with Crippen LogP contribution in [0.4, 0.5) is 0 Å². The van der Waals surface area contributed by atoms with Gasteiger partial charge >= 0.3 is 0 Å². The number of ether oxygens (including phenoxy) is 1. The molecule has 0 amide bonds. The number of nitrogens with two attached hydrogens (primary N) is 1. The van der Waals surface area contributed by atoms with Gasteiger partial charge in [-0.1, -0.05) is 24.3 Å². The smallest absolute Gasteiger partial charge is 0.0802 e. The summed E-state index contributed by atoms with van der Waals surface area (Å²) in [6.07, 6.45) is 1.03. The van der Waals surface area contributed by atoms with Crippen molar-refractivity contribution in [2.75, 3.05) is 20.3 Å². The molecule has 3 nitrogen and oxygen atoms in total. The molecule has 1 aromatic rings. The van der Waals surface area contributed by atoms with Crippen molar-refractivity contribution in [3.63, 3.8) is 0 Å². The first-order valence-corrected chi connectivity index (χ1v) is 5.24. The second-order valence-corrected chi connectivity index (χ2v) is 3.58. The quantitative estimate of drug-likeness (QED) is 0.741. The maximum Gasteiger partial charge on any atom is 0.0802 e. The first kappa shape index (κ1) is 12.2. The number of aliphatic hydroxyl groups excluding tert-OH is 1. The van der Waals surface area contributed by atoms with Gasteiger partial charge in [0.2, 0.25) is 0 Å². The summed E-state index contributed by atoms with van der Waals surface area (Å²) in [6.45, 7) is 1.21. The van der Waals surface area contributed by atoms with Crippen LogP contribution in [0.2, 0.25) is 0 Å². The van der Waals surface area contributed by atoms with E-state index in [-0.39, 0.29) is 0 Å². The fourth-order valence-corrected chi connectivity index (χ4v) is 1.50. The molecular weight excluding hydrogens is 190 g/mol. The Hall–Kier alpha value is -0.900. The average Bonchev–Trinajstić information content (AvgIpc) is 2.27. The van der Waals surface area contributed by atoms with Crippen LogP contribution >= 0.6 is 0 Å². The molecule has 0 bridgehead atoms. The predicted molar refractivity (Wildman–Crippen MR) is 60.7 cm³/mol. The maximum atomic E-state index is 9.76. The largest absolute Gasteiger partial charge is 0.388 e. The van der Waals surface area contributed by atoms with Crippen molar-refractivity contribution < 1.29 is 9.84 Å². The highest BCUT2D eigenvalue weighted by Gasteiger charge is 2.06. The van der Waals surface area contributed by atoms with Crippen molar-refractivity contribution >= 4 is 0 Å². The Kier molecular flexibility index (Phi) is 5.32. The van der Waals surface area contributed by atoms with Crippen LogP contribution in [0.5, 0.6) is 0 Å². The van der Waals surface area contributed by atoms with Crippen LogP contribution in [0.25, 0.3) is 0 Å². The molecule has 0 spiro atoms. The third-order valence-corrected chi connectivity index (χ3v) is 2.37. The highest BCUT2D eigenvalue weighted by Crippen LogP contribution is 2.17. The first-order chi connectivity index (χ1) is 7.27. The lowest BCUT2D eigenvalue weighted by Crippen LogP contribution is -2.07. The Morgan fingerprint density at radius 3 is 2.93 bits per heavy atom. The molecular formula is C12H19NO2. The summed E-state index contributed by atoms with van der Waals surface area (Å²) in [5, 5.41) is 9.76. The molecule has 1 aromatic carbocycles. The summed E-state index contributed by atoms with van der Waals surface area (Å²) < 4.78 is 5.01. The zero-order chi connectivity index (χ0) is 11.1. The van der Waals surface area contributed by atoms with Gasteiger partial charge < -0.3 is 15.6 Å². The van der Waals surface area contributed by atoms with E-state index in [2.05, 4.69) is 0 Å². The average molecular weight is 209 g/mol. The van der Waals surface area contributed by atoms with Gasteiger partial charge in [-0.15, -0.1) is 0 Å². The number of benzene rings is 1. The lowest BCUT2D eigenvalue weighted by atomic mass is 10.0. The molecule has 1 rings (SSSR count). The monoisotopic (exact) mass is 209 g/mol. The van der Waals surface area contributed by atoms with E-state index < -0.39 is 6.10 Å². The molecule has 0 heterocycles. The van der Waals surface area contributed by atoms with E-state index in [0.717, 1.165) is 12.0 Å². The van der Waals surface area contributed by atoms with Gasteiger partial charge in [0.25, 0.3) is 0 Å². The van der Waals surface area contributed by atoms with Crippen LogP contribution in [0, 0.1) is 0 Å². The molecule has 3 N–H and O–H groups in total. The Morgan fingerprint density at radius 2 is 2.27 bits per heavy atom. The molecule has 15 heavy (non-hydrogen) atoms. The van der Waals surface area contributed by atoms with Crippen molar-refractivity contribution in [1.82, 2.24) is 0 Å². The summed E-state index contributed by atoms with van der Waals surface area (Å²) in [5.41, 5.74) is 7.53. The molecule has 0 aromatic heterocycles. The summed E-state index contributed by atoms with van der Waals surface area (Å²) in [5.74, 6) is 0. The minimum Gasteiger partial charge on any atom is -0.388 e. The summed E-state index contributed by atoms with van der Waals surface area (Å²) in [6, 6.07) is 7.94. The lowest BCUT2D eigenvalue weighted by molar-refractivity contribution is 0.170. The van der Waals surface area contributed by atoms with Gasteiger partial charge in [0.05, 0.1) is 12.7 Å². The molecule has 0 saturated carbocycles. The highest BCUT2D eigenvalue weighted by atomic mass is 16.5. The second kappa shape index (κ2) is 6.56. The Morgan fingerprint density at radius 1 is 1.47 bits per heavy atom. The fourth-order valence-electron chi connectivity index (χ4n) is 1.50. The van der Waals surface area contributed by atoms with E-state index >= 15 is 0 Å². The van der Waals surface area contributed by atoms with E-state index in [1.165, 1.54) is 5.56 Å². The molecule has 3 heteroatoms. The van der Waals surface area contributed by atoms with Crippen molar-refractivity contribution in [3.05, 3.63) is 35.4 Å². The van der Waals surface area contributed by atoms with Gasteiger partial charge in [-0.25, -0.2) is 0 Å². The lowest BCUT2D eigenvalue weighted by Gasteiger charge is -2.11. The molecule has 0 aliphatic carbocycles. The van der Waals surface area contributed by atoms with Gasteiger partial charge in [0, 0.05) is 7.11 Å². The van der Waals surface area contributed by atoms with E-state index in [4.69, 9.17) is 10.5 Å². The third kappa shape index (κ3) is 4.00. The SMILES string of the molecule is COCCc1cccc(C(O)CCN)c1. The van der Waals surface area contributed by atoms with Crippen LogP contribution in [0.3, 0.4) is 0 Å². The third-order valence-electron chi connectivity index (χ3n) is 2.37. The minimum atomic E-state index is -0.447. The van der Waals surface area contributed by atoms with Crippen LogP contribution in [0.1, 0.15) is 23.7 Å². The van der Waals surface area contributed by atoms with Crippen LogP contribution in [-0.2, 0) is 11.2 Å². The number of rotatable bonds is 6. The maximum absolute atomic E-state index is 9.76. The highest BCUT2D eigenvalue weighted by molar-refractivity contribution is 5.25.